The number of rotatable bonds is 3. The third-order valence-corrected chi connectivity index (χ3v) is 3.34. The number of nitrogens with one attached hydrogen (secondary N) is 1. The Morgan fingerprint density at radius 2 is 2.11 bits per heavy atom. The molecule has 0 saturated heterocycles. The molecule has 1 unspecified atom stereocenters. The van der Waals surface area contributed by atoms with Gasteiger partial charge in [0.1, 0.15) is 11.5 Å². The normalized spacial score (nSPS) is 12.2. The molecule has 1 heterocycles. The minimum atomic E-state index is -0.195. The molecule has 0 bridgehead atoms. The lowest BCUT2D eigenvalue weighted by molar-refractivity contribution is 0.0935. The van der Waals surface area contributed by atoms with E-state index in [9.17, 15) is 4.79 Å². The lowest BCUT2D eigenvalue weighted by Crippen LogP contribution is -2.26. The van der Waals surface area contributed by atoms with E-state index in [0.717, 1.165) is 16.0 Å². The van der Waals surface area contributed by atoms with Gasteiger partial charge < -0.3 is 9.73 Å². The Morgan fingerprint density at radius 3 is 2.68 bits per heavy atom. The fourth-order valence-electron chi connectivity index (χ4n) is 1.72. The van der Waals surface area contributed by atoms with Crippen LogP contribution < -0.4 is 5.32 Å². The summed E-state index contributed by atoms with van der Waals surface area (Å²) in [6, 6.07) is 8.61. The van der Waals surface area contributed by atoms with Gasteiger partial charge in [-0.2, -0.15) is 0 Å². The average molecular weight is 343 g/mol. The highest BCUT2D eigenvalue weighted by Crippen LogP contribution is 2.21. The van der Waals surface area contributed by atoms with Gasteiger partial charge in [0.2, 0.25) is 0 Å². The fraction of sp³-hybridized carbons (Fsp3) is 0.214. The minimum Gasteiger partial charge on any atom is -0.464 e. The number of carbonyl (C=O) groups excluding carboxylic acids is 1. The van der Waals surface area contributed by atoms with Gasteiger partial charge in [0.15, 0.2) is 0 Å². The van der Waals surface area contributed by atoms with E-state index in [2.05, 4.69) is 21.2 Å². The Labute approximate surface area is 125 Å². The highest BCUT2D eigenvalue weighted by molar-refractivity contribution is 9.10. The number of carbonyl (C=O) groups is 1. The monoisotopic (exact) mass is 341 g/mol. The molecule has 0 aliphatic carbocycles. The second-order valence-electron chi connectivity index (χ2n) is 4.30. The number of benzene rings is 1. The molecule has 0 radical (unpaired) electrons. The van der Waals surface area contributed by atoms with Crippen LogP contribution in [-0.2, 0) is 0 Å². The molecule has 0 aliphatic rings. The van der Waals surface area contributed by atoms with Crippen LogP contribution in [0.15, 0.2) is 39.2 Å². The predicted molar refractivity (Wildman–Crippen MR) is 78.5 cm³/mol. The van der Waals surface area contributed by atoms with Gasteiger partial charge in [-0.15, -0.1) is 0 Å². The molecule has 1 aromatic heterocycles. The van der Waals surface area contributed by atoms with Crippen LogP contribution in [0.4, 0.5) is 0 Å². The Morgan fingerprint density at radius 1 is 1.37 bits per heavy atom. The smallest absolute Gasteiger partial charge is 0.251 e. The van der Waals surface area contributed by atoms with Gasteiger partial charge in [-0.1, -0.05) is 27.5 Å². The fourth-order valence-corrected chi connectivity index (χ4v) is 2.58. The molecule has 2 rings (SSSR count). The summed E-state index contributed by atoms with van der Waals surface area (Å²) in [6.07, 6.45) is 0. The number of aryl methyl sites for hydroxylation is 1. The molecule has 1 atom stereocenters. The van der Waals surface area contributed by atoms with E-state index in [1.807, 2.05) is 26.0 Å². The average Bonchev–Trinajstić information content (AvgIpc) is 2.74. The standard InChI is InChI=1S/C14H13BrClNO2/c1-8-3-4-13(19-8)9(2)17-14(18)10-5-11(15)7-12(16)6-10/h3-7,9H,1-2H3,(H,17,18). The number of furan rings is 1. The second kappa shape index (κ2) is 5.80. The van der Waals surface area contributed by atoms with Gasteiger partial charge in [-0.05, 0) is 44.2 Å². The Balaban J connectivity index is 2.12. The van der Waals surface area contributed by atoms with Gasteiger partial charge in [0, 0.05) is 15.1 Å². The van der Waals surface area contributed by atoms with Crippen molar-refractivity contribution in [3.8, 4) is 0 Å². The number of amides is 1. The predicted octanol–water partition coefficient (Wildman–Crippen LogP) is 4.49. The van der Waals surface area contributed by atoms with Crippen LogP contribution in [0.25, 0.3) is 0 Å². The summed E-state index contributed by atoms with van der Waals surface area (Å²) in [6.45, 7) is 3.74. The molecule has 3 nitrogen and oxygen atoms in total. The van der Waals surface area contributed by atoms with Gasteiger partial charge in [-0.25, -0.2) is 0 Å². The van der Waals surface area contributed by atoms with Gasteiger partial charge in [0.25, 0.3) is 5.91 Å². The van der Waals surface area contributed by atoms with Crippen molar-refractivity contribution in [1.82, 2.24) is 5.32 Å². The number of halogens is 2. The topological polar surface area (TPSA) is 42.2 Å². The molecule has 0 spiro atoms. The van der Waals surface area contributed by atoms with Crippen LogP contribution in [-0.4, -0.2) is 5.91 Å². The maximum atomic E-state index is 12.1. The third kappa shape index (κ3) is 3.61. The van der Waals surface area contributed by atoms with Crippen molar-refractivity contribution >= 4 is 33.4 Å². The van der Waals surface area contributed by atoms with E-state index in [1.54, 1.807) is 18.2 Å². The molecule has 1 aromatic carbocycles. The maximum Gasteiger partial charge on any atom is 0.251 e. The maximum absolute atomic E-state index is 12.1. The Hall–Kier alpha value is -1.26. The number of hydrogen-bond acceptors (Lipinski definition) is 2. The molecule has 0 aliphatic heterocycles. The van der Waals surface area contributed by atoms with Crippen molar-refractivity contribution in [2.75, 3.05) is 0 Å². The van der Waals surface area contributed by atoms with Gasteiger partial charge in [0.05, 0.1) is 6.04 Å². The molecular formula is C14H13BrClNO2. The molecule has 2 aromatic rings. The molecule has 0 fully saturated rings. The highest BCUT2D eigenvalue weighted by Gasteiger charge is 2.14. The zero-order valence-corrected chi connectivity index (χ0v) is 12.9. The molecule has 1 N–H and O–H groups in total. The van der Waals surface area contributed by atoms with Crippen LogP contribution in [0, 0.1) is 6.92 Å². The molecule has 100 valence electrons. The molecule has 5 heteroatoms. The molecule has 0 saturated carbocycles. The lowest BCUT2D eigenvalue weighted by Gasteiger charge is -2.12. The highest BCUT2D eigenvalue weighted by atomic mass is 79.9. The van der Waals surface area contributed by atoms with Crippen LogP contribution in [0.5, 0.6) is 0 Å². The summed E-state index contributed by atoms with van der Waals surface area (Å²) in [5.74, 6) is 1.36. The van der Waals surface area contributed by atoms with E-state index >= 15 is 0 Å². The summed E-state index contributed by atoms with van der Waals surface area (Å²) >= 11 is 9.24. The molecular weight excluding hydrogens is 330 g/mol. The minimum absolute atomic E-state index is 0.190. The lowest BCUT2D eigenvalue weighted by atomic mass is 10.2. The van der Waals surface area contributed by atoms with Crippen molar-refractivity contribution in [3.05, 3.63) is 56.9 Å². The summed E-state index contributed by atoms with van der Waals surface area (Å²) in [5.41, 5.74) is 0.509. The van der Waals surface area contributed by atoms with E-state index in [0.29, 0.717) is 10.6 Å². The number of hydrogen-bond donors (Lipinski definition) is 1. The molecule has 1 amide bonds. The Kier molecular flexibility index (Phi) is 4.32. The summed E-state index contributed by atoms with van der Waals surface area (Å²) in [4.78, 5) is 12.1. The van der Waals surface area contributed by atoms with Crippen molar-refractivity contribution < 1.29 is 9.21 Å². The van der Waals surface area contributed by atoms with Crippen LogP contribution in [0.3, 0.4) is 0 Å². The van der Waals surface area contributed by atoms with Crippen molar-refractivity contribution in [1.29, 1.82) is 0 Å². The van der Waals surface area contributed by atoms with Crippen LogP contribution in [0.2, 0.25) is 5.02 Å². The van der Waals surface area contributed by atoms with Crippen LogP contribution in [0.1, 0.15) is 34.8 Å². The first-order valence-corrected chi connectivity index (χ1v) is 6.96. The van der Waals surface area contributed by atoms with Crippen molar-refractivity contribution in [2.24, 2.45) is 0 Å². The zero-order chi connectivity index (χ0) is 14.0. The van der Waals surface area contributed by atoms with E-state index in [1.165, 1.54) is 0 Å². The Bertz CT molecular complexity index is 589. The van der Waals surface area contributed by atoms with E-state index in [4.69, 9.17) is 16.0 Å². The third-order valence-electron chi connectivity index (χ3n) is 2.66. The first kappa shape index (κ1) is 14.2. The first-order chi connectivity index (χ1) is 8.95. The summed E-state index contributed by atoms with van der Waals surface area (Å²) < 4.78 is 6.25. The molecule has 19 heavy (non-hydrogen) atoms. The van der Waals surface area contributed by atoms with Crippen molar-refractivity contribution in [3.63, 3.8) is 0 Å². The first-order valence-electron chi connectivity index (χ1n) is 5.79. The second-order valence-corrected chi connectivity index (χ2v) is 5.65. The van der Waals surface area contributed by atoms with Gasteiger partial charge in [-0.3, -0.25) is 4.79 Å². The van der Waals surface area contributed by atoms with Crippen LogP contribution >= 0.6 is 27.5 Å². The summed E-state index contributed by atoms with van der Waals surface area (Å²) in [7, 11) is 0. The van der Waals surface area contributed by atoms with Crippen molar-refractivity contribution in [2.45, 2.75) is 19.9 Å². The quantitative estimate of drug-likeness (QED) is 0.892. The van der Waals surface area contributed by atoms with Gasteiger partial charge >= 0.3 is 0 Å². The van der Waals surface area contributed by atoms with E-state index < -0.39 is 0 Å². The SMILES string of the molecule is Cc1ccc(C(C)NC(=O)c2cc(Cl)cc(Br)c2)o1. The summed E-state index contributed by atoms with van der Waals surface area (Å²) in [5, 5.41) is 3.38. The zero-order valence-electron chi connectivity index (χ0n) is 10.5. The largest absolute Gasteiger partial charge is 0.464 e. The van der Waals surface area contributed by atoms with E-state index in [-0.39, 0.29) is 11.9 Å².